The smallest absolute Gasteiger partial charge is 0.251 e. The topological polar surface area (TPSA) is 71.1 Å². The lowest BCUT2D eigenvalue weighted by atomic mass is 10.2. The van der Waals surface area contributed by atoms with Gasteiger partial charge in [0.2, 0.25) is 5.91 Å². The Balaban J connectivity index is 1.89. The third-order valence-corrected chi connectivity index (χ3v) is 3.18. The second-order valence-electron chi connectivity index (χ2n) is 4.42. The van der Waals surface area contributed by atoms with Gasteiger partial charge in [-0.25, -0.2) is 4.98 Å². The number of carbonyl (C=O) groups excluding carboxylic acids is 2. The van der Waals surface area contributed by atoms with Crippen LogP contribution in [-0.2, 0) is 4.79 Å². The molecule has 1 heterocycles. The van der Waals surface area contributed by atoms with Crippen molar-refractivity contribution in [1.82, 2.24) is 10.3 Å². The highest BCUT2D eigenvalue weighted by molar-refractivity contribution is 9.10. The zero-order valence-electron chi connectivity index (χ0n) is 11.4. The standard InChI is InChI=1S/C15H14BrN3O2/c1-10-7-12(16)8-17-14(10)19-13(20)9-18-15(21)11-5-3-2-4-6-11/h2-8H,9H2,1H3,(H,18,21)(H,17,19,20). The van der Waals surface area contributed by atoms with E-state index in [1.165, 1.54) is 0 Å². The molecule has 0 atom stereocenters. The molecule has 0 spiro atoms. The Morgan fingerprint density at radius 3 is 2.62 bits per heavy atom. The first-order valence-corrected chi connectivity index (χ1v) is 7.11. The summed E-state index contributed by atoms with van der Waals surface area (Å²) in [4.78, 5) is 27.7. The molecule has 2 aromatic rings. The number of hydrogen-bond acceptors (Lipinski definition) is 3. The third-order valence-electron chi connectivity index (χ3n) is 2.75. The Morgan fingerprint density at radius 1 is 1.24 bits per heavy atom. The summed E-state index contributed by atoms with van der Waals surface area (Å²) in [6, 6.07) is 10.6. The van der Waals surface area contributed by atoms with Crippen LogP contribution in [0.5, 0.6) is 0 Å². The zero-order chi connectivity index (χ0) is 15.2. The first-order chi connectivity index (χ1) is 10.1. The Kier molecular flexibility index (Phi) is 5.05. The molecule has 21 heavy (non-hydrogen) atoms. The third kappa shape index (κ3) is 4.39. The molecular weight excluding hydrogens is 334 g/mol. The number of carbonyl (C=O) groups is 2. The summed E-state index contributed by atoms with van der Waals surface area (Å²) in [6.45, 7) is 1.74. The van der Waals surface area contributed by atoms with Gasteiger partial charge in [0, 0.05) is 16.2 Å². The maximum absolute atomic E-state index is 11.8. The molecule has 0 aliphatic heterocycles. The van der Waals surface area contributed by atoms with Crippen LogP contribution in [0.25, 0.3) is 0 Å². The van der Waals surface area contributed by atoms with Crippen LogP contribution in [0, 0.1) is 6.92 Å². The van der Waals surface area contributed by atoms with Gasteiger partial charge in [-0.3, -0.25) is 9.59 Å². The van der Waals surface area contributed by atoms with Crippen molar-refractivity contribution in [3.8, 4) is 0 Å². The van der Waals surface area contributed by atoms with E-state index < -0.39 is 0 Å². The second-order valence-corrected chi connectivity index (χ2v) is 5.33. The maximum atomic E-state index is 11.8. The lowest BCUT2D eigenvalue weighted by molar-refractivity contribution is -0.115. The van der Waals surface area contributed by atoms with Crippen molar-refractivity contribution in [3.05, 3.63) is 58.2 Å². The van der Waals surface area contributed by atoms with E-state index >= 15 is 0 Å². The van der Waals surface area contributed by atoms with E-state index in [2.05, 4.69) is 31.5 Å². The summed E-state index contributed by atoms with van der Waals surface area (Å²) < 4.78 is 0.843. The summed E-state index contributed by atoms with van der Waals surface area (Å²) in [5.74, 6) is -0.124. The average Bonchev–Trinajstić information content (AvgIpc) is 2.48. The fourth-order valence-corrected chi connectivity index (χ4v) is 2.15. The van der Waals surface area contributed by atoms with Crippen LogP contribution in [0.2, 0.25) is 0 Å². The van der Waals surface area contributed by atoms with Crippen molar-refractivity contribution in [2.75, 3.05) is 11.9 Å². The van der Waals surface area contributed by atoms with Gasteiger partial charge in [-0.15, -0.1) is 0 Å². The predicted octanol–water partition coefficient (Wildman–Crippen LogP) is 2.52. The molecule has 0 saturated heterocycles. The Hall–Kier alpha value is -2.21. The van der Waals surface area contributed by atoms with Gasteiger partial charge in [0.05, 0.1) is 6.54 Å². The van der Waals surface area contributed by atoms with Crippen molar-refractivity contribution >= 4 is 33.6 Å². The molecule has 1 aromatic carbocycles. The van der Waals surface area contributed by atoms with Gasteiger partial charge in [-0.1, -0.05) is 18.2 Å². The molecule has 6 heteroatoms. The van der Waals surface area contributed by atoms with Crippen molar-refractivity contribution in [3.63, 3.8) is 0 Å². The van der Waals surface area contributed by atoms with Crippen LogP contribution in [0.1, 0.15) is 15.9 Å². The van der Waals surface area contributed by atoms with Gasteiger partial charge in [0.15, 0.2) is 0 Å². The number of nitrogens with zero attached hydrogens (tertiary/aromatic N) is 1. The summed E-state index contributed by atoms with van der Waals surface area (Å²) in [5, 5.41) is 5.22. The number of anilines is 1. The summed E-state index contributed by atoms with van der Waals surface area (Å²) in [6.07, 6.45) is 1.60. The molecule has 108 valence electrons. The number of amides is 2. The first kappa shape index (κ1) is 15.2. The highest BCUT2D eigenvalue weighted by Gasteiger charge is 2.09. The Morgan fingerprint density at radius 2 is 1.95 bits per heavy atom. The minimum atomic E-state index is -0.322. The number of benzene rings is 1. The number of nitrogens with one attached hydrogen (secondary N) is 2. The maximum Gasteiger partial charge on any atom is 0.251 e. The average molecular weight is 348 g/mol. The van der Waals surface area contributed by atoms with Crippen LogP contribution in [0.4, 0.5) is 5.82 Å². The minimum Gasteiger partial charge on any atom is -0.343 e. The molecule has 1 aromatic heterocycles. The first-order valence-electron chi connectivity index (χ1n) is 6.31. The predicted molar refractivity (Wildman–Crippen MR) is 84.1 cm³/mol. The lowest BCUT2D eigenvalue weighted by Crippen LogP contribution is -2.33. The number of hydrogen-bond donors (Lipinski definition) is 2. The van der Waals surface area contributed by atoms with Gasteiger partial charge < -0.3 is 10.6 Å². The van der Waals surface area contributed by atoms with Gasteiger partial charge in [-0.2, -0.15) is 0 Å². The van der Waals surface area contributed by atoms with Gasteiger partial charge in [0.25, 0.3) is 5.91 Å². The van der Waals surface area contributed by atoms with Crippen molar-refractivity contribution < 1.29 is 9.59 Å². The monoisotopic (exact) mass is 347 g/mol. The van der Waals surface area contributed by atoms with Crippen molar-refractivity contribution in [1.29, 1.82) is 0 Å². The van der Waals surface area contributed by atoms with Gasteiger partial charge >= 0.3 is 0 Å². The minimum absolute atomic E-state index is 0.106. The number of aromatic nitrogens is 1. The van der Waals surface area contributed by atoms with E-state index in [0.717, 1.165) is 10.0 Å². The zero-order valence-corrected chi connectivity index (χ0v) is 13.0. The molecule has 0 unspecified atom stereocenters. The number of aryl methyl sites for hydroxylation is 1. The molecule has 2 rings (SSSR count). The van der Waals surface area contributed by atoms with Gasteiger partial charge in [-0.05, 0) is 46.6 Å². The lowest BCUT2D eigenvalue weighted by Gasteiger charge is -2.08. The highest BCUT2D eigenvalue weighted by atomic mass is 79.9. The van der Waals surface area contributed by atoms with Crippen LogP contribution in [0.15, 0.2) is 47.1 Å². The molecule has 0 bridgehead atoms. The van der Waals surface area contributed by atoms with E-state index in [1.807, 2.05) is 19.1 Å². The fourth-order valence-electron chi connectivity index (χ4n) is 1.70. The number of rotatable bonds is 4. The van der Waals surface area contributed by atoms with Crippen molar-refractivity contribution in [2.24, 2.45) is 0 Å². The number of halogens is 1. The molecule has 0 fully saturated rings. The van der Waals surface area contributed by atoms with Crippen molar-refractivity contribution in [2.45, 2.75) is 6.92 Å². The Labute approximate surface area is 130 Å². The molecule has 0 radical (unpaired) electrons. The summed E-state index contributed by atoms with van der Waals surface area (Å²) in [5.41, 5.74) is 1.36. The SMILES string of the molecule is Cc1cc(Br)cnc1NC(=O)CNC(=O)c1ccccc1. The largest absolute Gasteiger partial charge is 0.343 e. The second kappa shape index (κ2) is 6.99. The van der Waals surface area contributed by atoms with E-state index in [-0.39, 0.29) is 18.4 Å². The number of pyridine rings is 1. The molecule has 2 amide bonds. The van der Waals surface area contributed by atoms with Gasteiger partial charge in [0.1, 0.15) is 5.82 Å². The molecule has 0 aliphatic rings. The molecule has 5 nitrogen and oxygen atoms in total. The molecule has 0 aliphatic carbocycles. The van der Waals surface area contributed by atoms with Crippen LogP contribution in [0.3, 0.4) is 0 Å². The molecule has 2 N–H and O–H groups in total. The van der Waals surface area contributed by atoms with E-state index in [9.17, 15) is 9.59 Å². The van der Waals surface area contributed by atoms with Crippen LogP contribution < -0.4 is 10.6 Å². The molecular formula is C15H14BrN3O2. The van der Waals surface area contributed by atoms with E-state index in [1.54, 1.807) is 30.5 Å². The molecule has 0 saturated carbocycles. The van der Waals surface area contributed by atoms with E-state index in [0.29, 0.717) is 11.4 Å². The Bertz CT molecular complexity index is 659. The normalized spacial score (nSPS) is 10.0. The quantitative estimate of drug-likeness (QED) is 0.892. The summed E-state index contributed by atoms with van der Waals surface area (Å²) in [7, 11) is 0. The van der Waals surface area contributed by atoms with Crippen LogP contribution in [-0.4, -0.2) is 23.3 Å². The van der Waals surface area contributed by atoms with Crippen LogP contribution >= 0.6 is 15.9 Å². The highest BCUT2D eigenvalue weighted by Crippen LogP contribution is 2.16. The summed E-state index contributed by atoms with van der Waals surface area (Å²) >= 11 is 3.31. The fraction of sp³-hybridized carbons (Fsp3) is 0.133. The van der Waals surface area contributed by atoms with E-state index in [4.69, 9.17) is 0 Å².